The van der Waals surface area contributed by atoms with Gasteiger partial charge in [0.2, 0.25) is 5.91 Å². The van der Waals surface area contributed by atoms with Gasteiger partial charge in [-0.1, -0.05) is 6.08 Å². The molecule has 0 bridgehead atoms. The first kappa shape index (κ1) is 17.9. The summed E-state index contributed by atoms with van der Waals surface area (Å²) in [6.45, 7) is 4.52. The van der Waals surface area contributed by atoms with Gasteiger partial charge in [-0.3, -0.25) is 9.78 Å². The van der Waals surface area contributed by atoms with Gasteiger partial charge in [0.15, 0.2) is 0 Å². The van der Waals surface area contributed by atoms with Crippen LogP contribution < -0.4 is 0 Å². The number of nitrogens with zero attached hydrogens (tertiary/aromatic N) is 4. The molecule has 2 aliphatic rings. The lowest BCUT2D eigenvalue weighted by atomic mass is 10.1. The number of allylic oxidation sites excluding steroid dienone is 2. The first-order valence-corrected chi connectivity index (χ1v) is 9.87. The van der Waals surface area contributed by atoms with Gasteiger partial charge in [-0.15, -0.1) is 11.3 Å². The fourth-order valence-corrected chi connectivity index (χ4v) is 4.37. The highest BCUT2D eigenvalue weighted by molar-refractivity contribution is 7.11. The standard InChI is InChI=1S/C20H21FN4OS/c1-14-23-18-6-10-25(11-7-19(18)27-14)20(26)13-24-8-4-15(5-9-24)17-3-2-16(21)12-22-17/h2-5,8,12H,6-7,9-11,13H2,1H3. The molecule has 4 heterocycles. The highest BCUT2D eigenvalue weighted by Gasteiger charge is 2.22. The van der Waals surface area contributed by atoms with Gasteiger partial charge < -0.3 is 9.80 Å². The van der Waals surface area contributed by atoms with E-state index in [0.29, 0.717) is 13.1 Å². The van der Waals surface area contributed by atoms with Crippen molar-refractivity contribution in [2.45, 2.75) is 19.8 Å². The summed E-state index contributed by atoms with van der Waals surface area (Å²) in [5.74, 6) is -0.202. The smallest absolute Gasteiger partial charge is 0.242 e. The Morgan fingerprint density at radius 3 is 2.89 bits per heavy atom. The van der Waals surface area contributed by atoms with Gasteiger partial charge in [0.1, 0.15) is 5.82 Å². The van der Waals surface area contributed by atoms with E-state index >= 15 is 0 Å². The Balaban J connectivity index is 1.32. The Morgan fingerprint density at radius 2 is 2.15 bits per heavy atom. The van der Waals surface area contributed by atoms with Crippen molar-refractivity contribution in [1.29, 1.82) is 0 Å². The number of hydrogen-bond donors (Lipinski definition) is 0. The molecular formula is C20H21FN4OS. The minimum atomic E-state index is -0.344. The lowest BCUT2D eigenvalue weighted by molar-refractivity contribution is -0.131. The van der Waals surface area contributed by atoms with Gasteiger partial charge in [-0.05, 0) is 30.7 Å². The van der Waals surface area contributed by atoms with E-state index < -0.39 is 0 Å². The van der Waals surface area contributed by atoms with E-state index in [1.807, 2.05) is 35.1 Å². The lowest BCUT2D eigenvalue weighted by Crippen LogP contribution is -2.40. The summed E-state index contributed by atoms with van der Waals surface area (Å²) in [7, 11) is 0. The zero-order chi connectivity index (χ0) is 18.8. The van der Waals surface area contributed by atoms with Crippen LogP contribution in [0.25, 0.3) is 5.57 Å². The van der Waals surface area contributed by atoms with Crippen LogP contribution in [-0.4, -0.2) is 51.9 Å². The maximum atomic E-state index is 13.0. The quantitative estimate of drug-likeness (QED) is 0.817. The molecule has 0 unspecified atom stereocenters. The molecule has 1 amide bonds. The predicted octanol–water partition coefficient (Wildman–Crippen LogP) is 2.83. The molecule has 5 nitrogen and oxygen atoms in total. The van der Waals surface area contributed by atoms with Crippen LogP contribution in [0.3, 0.4) is 0 Å². The number of carbonyl (C=O) groups is 1. The van der Waals surface area contributed by atoms with E-state index in [9.17, 15) is 9.18 Å². The largest absolute Gasteiger partial charge is 0.364 e. The van der Waals surface area contributed by atoms with E-state index in [1.165, 1.54) is 17.1 Å². The van der Waals surface area contributed by atoms with Gasteiger partial charge >= 0.3 is 0 Å². The van der Waals surface area contributed by atoms with Gasteiger partial charge in [-0.25, -0.2) is 9.37 Å². The van der Waals surface area contributed by atoms with Gasteiger partial charge in [0, 0.05) is 43.6 Å². The number of carbonyl (C=O) groups excluding carboxylic acids is 1. The van der Waals surface area contributed by atoms with Crippen molar-refractivity contribution in [3.63, 3.8) is 0 Å². The average Bonchev–Trinajstić information content (AvgIpc) is 2.91. The minimum absolute atomic E-state index is 0.142. The first-order chi connectivity index (χ1) is 13.1. The summed E-state index contributed by atoms with van der Waals surface area (Å²) in [6, 6.07) is 3.07. The Bertz CT molecular complexity index is 878. The molecule has 0 saturated carbocycles. The molecule has 140 valence electrons. The van der Waals surface area contributed by atoms with E-state index in [0.717, 1.165) is 47.9 Å². The molecule has 0 atom stereocenters. The molecule has 4 rings (SSSR count). The Kier molecular flexibility index (Phi) is 5.03. The molecule has 0 N–H and O–H groups in total. The van der Waals surface area contributed by atoms with Crippen LogP contribution in [0.4, 0.5) is 4.39 Å². The van der Waals surface area contributed by atoms with Crippen molar-refractivity contribution >= 4 is 22.8 Å². The molecule has 0 aliphatic carbocycles. The molecule has 0 saturated heterocycles. The average molecular weight is 384 g/mol. The molecular weight excluding hydrogens is 363 g/mol. The Hall–Kier alpha value is -2.54. The van der Waals surface area contributed by atoms with Crippen LogP contribution in [0.15, 0.2) is 36.7 Å². The molecule has 7 heteroatoms. The minimum Gasteiger partial charge on any atom is -0.364 e. The van der Waals surface area contributed by atoms with Crippen LogP contribution in [0.2, 0.25) is 0 Å². The fourth-order valence-electron chi connectivity index (χ4n) is 3.40. The lowest BCUT2D eigenvalue weighted by Gasteiger charge is -2.26. The van der Waals surface area contributed by atoms with E-state index in [2.05, 4.69) is 9.97 Å². The number of hydrogen-bond acceptors (Lipinski definition) is 5. The third kappa shape index (κ3) is 4.08. The monoisotopic (exact) mass is 384 g/mol. The molecule has 0 radical (unpaired) electrons. The normalized spacial score (nSPS) is 16.7. The summed E-state index contributed by atoms with van der Waals surface area (Å²) in [5.41, 5.74) is 2.84. The van der Waals surface area contributed by atoms with Crippen molar-refractivity contribution < 1.29 is 9.18 Å². The van der Waals surface area contributed by atoms with Crippen LogP contribution >= 0.6 is 11.3 Å². The Morgan fingerprint density at radius 1 is 1.30 bits per heavy atom. The van der Waals surface area contributed by atoms with Crippen molar-refractivity contribution in [3.8, 4) is 0 Å². The molecule has 0 aromatic carbocycles. The second-order valence-electron chi connectivity index (χ2n) is 6.75. The summed E-state index contributed by atoms with van der Waals surface area (Å²) in [4.78, 5) is 26.6. The van der Waals surface area contributed by atoms with Crippen LogP contribution in [0.1, 0.15) is 21.3 Å². The van der Waals surface area contributed by atoms with Crippen LogP contribution in [0, 0.1) is 12.7 Å². The first-order valence-electron chi connectivity index (χ1n) is 9.06. The number of aryl methyl sites for hydroxylation is 1. The predicted molar refractivity (Wildman–Crippen MR) is 104 cm³/mol. The second-order valence-corrected chi connectivity index (χ2v) is 8.04. The van der Waals surface area contributed by atoms with E-state index in [1.54, 1.807) is 17.4 Å². The molecule has 0 fully saturated rings. The number of amides is 1. The SMILES string of the molecule is Cc1nc2c(s1)CCN(C(=O)CN1C=CC(c3ccc(F)cn3)=CC1)CC2. The Labute approximate surface area is 161 Å². The molecule has 0 spiro atoms. The number of pyridine rings is 1. The fraction of sp³-hybridized carbons (Fsp3) is 0.350. The maximum absolute atomic E-state index is 13.0. The number of thiazole rings is 1. The maximum Gasteiger partial charge on any atom is 0.242 e. The highest BCUT2D eigenvalue weighted by atomic mass is 32.1. The third-order valence-corrected chi connectivity index (χ3v) is 5.91. The number of halogens is 1. The molecule has 27 heavy (non-hydrogen) atoms. The van der Waals surface area contributed by atoms with Crippen molar-refractivity contribution in [2.24, 2.45) is 0 Å². The summed E-state index contributed by atoms with van der Waals surface area (Å²) < 4.78 is 13.0. The zero-order valence-electron chi connectivity index (χ0n) is 15.2. The van der Waals surface area contributed by atoms with Crippen molar-refractivity contribution in [1.82, 2.24) is 19.8 Å². The molecule has 2 aliphatic heterocycles. The molecule has 2 aromatic heterocycles. The third-order valence-electron chi connectivity index (χ3n) is 4.84. The summed E-state index contributed by atoms with van der Waals surface area (Å²) in [6.07, 6.45) is 8.79. The second kappa shape index (κ2) is 7.60. The van der Waals surface area contributed by atoms with Crippen LogP contribution in [0.5, 0.6) is 0 Å². The molecule has 2 aromatic rings. The van der Waals surface area contributed by atoms with Gasteiger partial charge in [-0.2, -0.15) is 0 Å². The number of fused-ring (bicyclic) bond motifs is 1. The van der Waals surface area contributed by atoms with Crippen molar-refractivity contribution in [2.75, 3.05) is 26.2 Å². The highest BCUT2D eigenvalue weighted by Crippen LogP contribution is 2.23. The van der Waals surface area contributed by atoms with Gasteiger partial charge in [0.25, 0.3) is 0 Å². The summed E-state index contributed by atoms with van der Waals surface area (Å²) in [5, 5.41) is 1.11. The van der Waals surface area contributed by atoms with Crippen LogP contribution in [-0.2, 0) is 17.6 Å². The summed E-state index contributed by atoms with van der Waals surface area (Å²) >= 11 is 1.74. The zero-order valence-corrected chi connectivity index (χ0v) is 16.0. The topological polar surface area (TPSA) is 49.3 Å². The van der Waals surface area contributed by atoms with Gasteiger partial charge in [0.05, 0.1) is 29.1 Å². The van der Waals surface area contributed by atoms with E-state index in [-0.39, 0.29) is 11.7 Å². The number of rotatable bonds is 3. The van der Waals surface area contributed by atoms with Crippen molar-refractivity contribution in [3.05, 3.63) is 63.8 Å². The number of aromatic nitrogens is 2. The van der Waals surface area contributed by atoms with E-state index in [4.69, 9.17) is 0 Å².